The van der Waals surface area contributed by atoms with Crippen molar-refractivity contribution in [3.8, 4) is 0 Å². The van der Waals surface area contributed by atoms with Gasteiger partial charge in [-0.3, -0.25) is 4.79 Å². The molecule has 1 unspecified atom stereocenters. The molecule has 24 heavy (non-hydrogen) atoms. The number of nitrogens with zero attached hydrogens (tertiary/aromatic N) is 1. The van der Waals surface area contributed by atoms with Crippen molar-refractivity contribution in [1.82, 2.24) is 4.90 Å². The number of hydrogen-bond acceptors (Lipinski definition) is 1. The van der Waals surface area contributed by atoms with Crippen molar-refractivity contribution in [1.29, 1.82) is 0 Å². The van der Waals surface area contributed by atoms with Crippen LogP contribution in [0.4, 0.5) is 0 Å². The van der Waals surface area contributed by atoms with Crippen LogP contribution in [0.15, 0.2) is 24.3 Å². The Morgan fingerprint density at radius 1 is 1.04 bits per heavy atom. The minimum atomic E-state index is 0.0139. The van der Waals surface area contributed by atoms with Gasteiger partial charge in [0.1, 0.15) is 0 Å². The minimum Gasteiger partial charge on any atom is -0.335 e. The Bertz CT molecular complexity index is 628. The summed E-state index contributed by atoms with van der Waals surface area (Å²) >= 11 is 0. The van der Waals surface area contributed by atoms with E-state index in [1.807, 2.05) is 0 Å². The summed E-state index contributed by atoms with van der Waals surface area (Å²) in [6, 6.07) is 9.01. The molecule has 1 heterocycles. The maximum Gasteiger partial charge on any atom is 0.229 e. The quantitative estimate of drug-likeness (QED) is 0.760. The van der Waals surface area contributed by atoms with Crippen molar-refractivity contribution in [3.63, 3.8) is 0 Å². The molecule has 6 rings (SSSR count). The predicted octanol–water partition coefficient (Wildman–Crippen LogP) is 4.87. The van der Waals surface area contributed by atoms with Gasteiger partial charge in [0.15, 0.2) is 0 Å². The third-order valence-electron chi connectivity index (χ3n) is 7.55. The molecule has 1 aromatic rings. The van der Waals surface area contributed by atoms with Crippen molar-refractivity contribution in [2.75, 3.05) is 6.54 Å². The monoisotopic (exact) mass is 323 g/mol. The average molecular weight is 323 g/mol. The first-order chi connectivity index (χ1) is 11.6. The number of likely N-dealkylation sites (tertiary alicyclic amines) is 1. The Labute approximate surface area is 145 Å². The molecule has 0 N–H and O–H groups in total. The van der Waals surface area contributed by atoms with E-state index in [2.05, 4.69) is 36.1 Å². The van der Waals surface area contributed by atoms with Gasteiger partial charge in [0.25, 0.3) is 0 Å². The number of amides is 1. The van der Waals surface area contributed by atoms with Gasteiger partial charge < -0.3 is 4.90 Å². The molecule has 5 fully saturated rings. The number of carbonyl (C=O) groups is 1. The smallest absolute Gasteiger partial charge is 0.229 e. The maximum atomic E-state index is 13.7. The molecule has 4 bridgehead atoms. The zero-order valence-electron chi connectivity index (χ0n) is 14.8. The van der Waals surface area contributed by atoms with Gasteiger partial charge in [-0.25, -0.2) is 0 Å². The van der Waals surface area contributed by atoms with E-state index in [-0.39, 0.29) is 5.41 Å². The molecule has 1 atom stereocenters. The fourth-order valence-corrected chi connectivity index (χ4v) is 6.97. The van der Waals surface area contributed by atoms with Crippen molar-refractivity contribution in [2.45, 2.75) is 64.3 Å². The van der Waals surface area contributed by atoms with Crippen LogP contribution < -0.4 is 0 Å². The lowest BCUT2D eigenvalue weighted by Gasteiger charge is -2.56. The van der Waals surface area contributed by atoms with Crippen LogP contribution in [0.5, 0.6) is 0 Å². The molecule has 2 heteroatoms. The van der Waals surface area contributed by atoms with Gasteiger partial charge in [-0.15, -0.1) is 0 Å². The van der Waals surface area contributed by atoms with E-state index >= 15 is 0 Å². The molecule has 0 spiro atoms. The van der Waals surface area contributed by atoms with Crippen LogP contribution in [-0.4, -0.2) is 17.4 Å². The Morgan fingerprint density at radius 2 is 1.67 bits per heavy atom. The molecule has 0 aromatic heterocycles. The zero-order valence-corrected chi connectivity index (χ0v) is 14.8. The van der Waals surface area contributed by atoms with Crippen LogP contribution in [0.3, 0.4) is 0 Å². The largest absolute Gasteiger partial charge is 0.335 e. The van der Waals surface area contributed by atoms with Gasteiger partial charge in [0.05, 0.1) is 11.5 Å². The summed E-state index contributed by atoms with van der Waals surface area (Å²) < 4.78 is 0. The van der Waals surface area contributed by atoms with E-state index in [9.17, 15) is 4.79 Å². The van der Waals surface area contributed by atoms with Crippen LogP contribution >= 0.6 is 0 Å². The van der Waals surface area contributed by atoms with Gasteiger partial charge in [-0.1, -0.05) is 24.3 Å². The van der Waals surface area contributed by atoms with Crippen LogP contribution in [0.2, 0.25) is 0 Å². The Kier molecular flexibility index (Phi) is 3.34. The highest BCUT2D eigenvalue weighted by Crippen LogP contribution is 2.61. The summed E-state index contributed by atoms with van der Waals surface area (Å²) in [5, 5.41) is 0. The topological polar surface area (TPSA) is 20.3 Å². The number of carbonyl (C=O) groups excluding carboxylic acids is 1. The zero-order chi connectivity index (χ0) is 16.3. The summed E-state index contributed by atoms with van der Waals surface area (Å²) in [6.45, 7) is 3.17. The second-order valence-corrected chi connectivity index (χ2v) is 9.21. The van der Waals surface area contributed by atoms with E-state index in [4.69, 9.17) is 0 Å². The molecule has 1 saturated heterocycles. The number of aryl methyl sites for hydroxylation is 1. The average Bonchev–Trinajstić information content (AvgIpc) is 3.02. The van der Waals surface area contributed by atoms with E-state index in [1.54, 1.807) is 0 Å². The number of hydrogen-bond donors (Lipinski definition) is 0. The van der Waals surface area contributed by atoms with Crippen molar-refractivity contribution in [3.05, 3.63) is 35.4 Å². The lowest BCUT2D eigenvalue weighted by atomic mass is 9.49. The summed E-state index contributed by atoms with van der Waals surface area (Å²) in [7, 11) is 0. The molecule has 4 saturated carbocycles. The predicted molar refractivity (Wildman–Crippen MR) is 95.5 cm³/mol. The van der Waals surface area contributed by atoms with Crippen LogP contribution in [-0.2, 0) is 4.79 Å². The lowest BCUT2D eigenvalue weighted by molar-refractivity contribution is -0.158. The fourth-order valence-electron chi connectivity index (χ4n) is 6.97. The van der Waals surface area contributed by atoms with Crippen LogP contribution in [0.25, 0.3) is 0 Å². The summed E-state index contributed by atoms with van der Waals surface area (Å²) in [5.41, 5.74) is 2.74. The summed E-state index contributed by atoms with van der Waals surface area (Å²) in [4.78, 5) is 16.0. The van der Waals surface area contributed by atoms with E-state index < -0.39 is 0 Å². The molecule has 1 amide bonds. The van der Waals surface area contributed by atoms with E-state index in [1.165, 1.54) is 49.7 Å². The SMILES string of the molecule is Cc1ccccc1C1CCCN1C(=O)C12CC3CC(CC(C3)C1)C2. The maximum absolute atomic E-state index is 13.7. The standard InChI is InChI=1S/C22H29NO/c1-15-5-2-3-6-19(15)20-7-4-8-23(20)21(24)22-12-16-9-17(13-22)11-18(10-16)14-22/h2-3,5-6,16-18,20H,4,7-14H2,1H3. The van der Waals surface area contributed by atoms with Gasteiger partial charge in [0, 0.05) is 6.54 Å². The highest BCUT2D eigenvalue weighted by atomic mass is 16.2. The first-order valence-corrected chi connectivity index (χ1v) is 10.0. The number of benzene rings is 1. The van der Waals surface area contributed by atoms with Crippen LogP contribution in [0.1, 0.15) is 68.5 Å². The normalized spacial score (nSPS) is 40.3. The van der Waals surface area contributed by atoms with E-state index in [0.717, 1.165) is 37.1 Å². The molecule has 1 aliphatic heterocycles. The van der Waals surface area contributed by atoms with Gasteiger partial charge in [-0.05, 0) is 87.2 Å². The van der Waals surface area contributed by atoms with Gasteiger partial charge in [0.2, 0.25) is 5.91 Å². The third-order valence-corrected chi connectivity index (χ3v) is 7.55. The minimum absolute atomic E-state index is 0.0139. The van der Waals surface area contributed by atoms with Crippen molar-refractivity contribution >= 4 is 5.91 Å². The molecule has 0 radical (unpaired) electrons. The second kappa shape index (κ2) is 5.34. The van der Waals surface area contributed by atoms with Crippen molar-refractivity contribution in [2.24, 2.45) is 23.2 Å². The molecule has 4 aliphatic carbocycles. The molecular formula is C22H29NO. The number of rotatable bonds is 2. The molecule has 5 aliphatic rings. The van der Waals surface area contributed by atoms with E-state index in [0.29, 0.717) is 11.9 Å². The van der Waals surface area contributed by atoms with Crippen molar-refractivity contribution < 1.29 is 4.79 Å². The highest BCUT2D eigenvalue weighted by Gasteiger charge is 2.56. The fraction of sp³-hybridized carbons (Fsp3) is 0.682. The molecule has 1 aromatic carbocycles. The second-order valence-electron chi connectivity index (χ2n) is 9.21. The lowest BCUT2D eigenvalue weighted by Crippen LogP contribution is -2.54. The molecular weight excluding hydrogens is 294 g/mol. The highest BCUT2D eigenvalue weighted by molar-refractivity contribution is 5.84. The van der Waals surface area contributed by atoms with Gasteiger partial charge in [-0.2, -0.15) is 0 Å². The first kappa shape index (κ1) is 15.0. The molecule has 128 valence electrons. The summed E-state index contributed by atoms with van der Waals surface area (Å²) in [5.74, 6) is 3.06. The Morgan fingerprint density at radius 3 is 2.29 bits per heavy atom. The Balaban J connectivity index is 1.45. The molecule has 2 nitrogen and oxygen atoms in total. The summed E-state index contributed by atoms with van der Waals surface area (Å²) in [6.07, 6.45) is 10.1. The third kappa shape index (κ3) is 2.18. The van der Waals surface area contributed by atoms with Gasteiger partial charge >= 0.3 is 0 Å². The first-order valence-electron chi connectivity index (χ1n) is 10.0. The Hall–Kier alpha value is -1.31. The van der Waals surface area contributed by atoms with Crippen LogP contribution in [0, 0.1) is 30.1 Å².